The second-order valence-electron chi connectivity index (χ2n) is 8.94. The minimum Gasteiger partial charge on any atom is -0.390 e. The molecule has 5 fully saturated rings. The van der Waals surface area contributed by atoms with Crippen LogP contribution < -0.4 is 0 Å². The molecule has 3 unspecified atom stereocenters. The van der Waals surface area contributed by atoms with E-state index in [1.165, 1.54) is 25.7 Å². The molecule has 2 aliphatic heterocycles. The van der Waals surface area contributed by atoms with Gasteiger partial charge in [0.1, 0.15) is 5.78 Å². The van der Waals surface area contributed by atoms with Crippen molar-refractivity contribution in [1.82, 2.24) is 0 Å². The van der Waals surface area contributed by atoms with E-state index in [-0.39, 0.29) is 12.0 Å². The van der Waals surface area contributed by atoms with Crippen molar-refractivity contribution >= 4 is 11.9 Å². The van der Waals surface area contributed by atoms with E-state index < -0.39 is 11.9 Å². The van der Waals surface area contributed by atoms with Gasteiger partial charge < -0.3 is 14.2 Å². The summed E-state index contributed by atoms with van der Waals surface area (Å²) >= 11 is 0. The van der Waals surface area contributed by atoms with Gasteiger partial charge in [0.15, 0.2) is 0 Å². The Hall–Kier alpha value is -1.10. The molecule has 0 amide bonds. The molecule has 25 heavy (non-hydrogen) atoms. The fourth-order valence-electron chi connectivity index (χ4n) is 6.07. The average molecular weight is 348 g/mol. The molecule has 0 N–H and O–H groups in total. The zero-order valence-corrected chi connectivity index (χ0v) is 14.8. The third-order valence-corrected chi connectivity index (χ3v) is 7.61. The quantitative estimate of drug-likeness (QED) is 0.570. The Kier molecular flexibility index (Phi) is 3.84. The largest absolute Gasteiger partial charge is 0.514 e. The first-order chi connectivity index (χ1) is 12.1. The van der Waals surface area contributed by atoms with Crippen molar-refractivity contribution in [2.45, 2.75) is 88.6 Å². The van der Waals surface area contributed by atoms with Crippen LogP contribution in [-0.2, 0) is 19.0 Å². The van der Waals surface area contributed by atoms with Crippen LogP contribution in [0.15, 0.2) is 0 Å². The number of hydrogen-bond donors (Lipinski definition) is 0. The molecule has 3 aliphatic carbocycles. The molecular weight excluding hydrogens is 320 g/mol. The Labute approximate surface area is 148 Å². The van der Waals surface area contributed by atoms with Crippen molar-refractivity contribution in [2.75, 3.05) is 0 Å². The number of carbonyl (C=O) groups excluding carboxylic acids is 2. The van der Waals surface area contributed by atoms with E-state index in [0.717, 1.165) is 56.8 Å². The molecule has 0 radical (unpaired) electrons. The molecule has 5 rings (SSSR count). The maximum Gasteiger partial charge on any atom is 0.514 e. The molecule has 1 spiro atoms. The topological polar surface area (TPSA) is 65.1 Å². The molecule has 0 aromatic heterocycles. The molecule has 0 bridgehead atoms. The summed E-state index contributed by atoms with van der Waals surface area (Å²) in [6, 6.07) is 0. The van der Waals surface area contributed by atoms with Crippen LogP contribution in [0.2, 0.25) is 0 Å². The summed E-state index contributed by atoms with van der Waals surface area (Å²) in [5, 5.41) is 0. The molecular formula is C20H28O5. The monoisotopic (exact) mass is 348 g/mol. The van der Waals surface area contributed by atoms with Gasteiger partial charge in [-0.2, -0.15) is 0 Å². The lowest BCUT2D eigenvalue weighted by Gasteiger charge is -2.47. The lowest BCUT2D eigenvalue weighted by Crippen LogP contribution is -2.59. The molecule has 5 heteroatoms. The van der Waals surface area contributed by atoms with Gasteiger partial charge in [0.05, 0.1) is 18.1 Å². The van der Waals surface area contributed by atoms with Crippen LogP contribution in [0, 0.1) is 23.7 Å². The van der Waals surface area contributed by atoms with Gasteiger partial charge in [-0.3, -0.25) is 4.79 Å². The van der Waals surface area contributed by atoms with Crippen LogP contribution in [0.1, 0.15) is 70.6 Å². The van der Waals surface area contributed by atoms with Gasteiger partial charge in [0.2, 0.25) is 0 Å². The predicted molar refractivity (Wildman–Crippen MR) is 88.7 cm³/mol. The highest BCUT2D eigenvalue weighted by molar-refractivity contribution is 5.79. The number of ketones is 1. The van der Waals surface area contributed by atoms with Gasteiger partial charge in [-0.1, -0.05) is 12.8 Å². The highest BCUT2D eigenvalue weighted by Gasteiger charge is 2.66. The van der Waals surface area contributed by atoms with E-state index in [9.17, 15) is 9.59 Å². The van der Waals surface area contributed by atoms with Gasteiger partial charge in [-0.15, -0.1) is 0 Å². The third kappa shape index (κ3) is 2.88. The summed E-state index contributed by atoms with van der Waals surface area (Å²) in [5.41, 5.74) is 0. The zero-order valence-electron chi connectivity index (χ0n) is 14.8. The van der Waals surface area contributed by atoms with Crippen molar-refractivity contribution in [3.63, 3.8) is 0 Å². The van der Waals surface area contributed by atoms with Crippen LogP contribution in [0.3, 0.4) is 0 Å². The fourth-order valence-corrected chi connectivity index (χ4v) is 6.07. The normalized spacial score (nSPS) is 43.0. The summed E-state index contributed by atoms with van der Waals surface area (Å²) in [5.74, 6) is 2.28. The molecule has 2 heterocycles. The molecule has 0 aromatic carbocycles. The van der Waals surface area contributed by atoms with Crippen molar-refractivity contribution < 1.29 is 23.8 Å². The number of carbonyl (C=O) groups is 2. The van der Waals surface area contributed by atoms with E-state index in [2.05, 4.69) is 0 Å². The molecule has 0 aromatic rings. The Morgan fingerprint density at radius 1 is 0.880 bits per heavy atom. The first-order valence-corrected chi connectivity index (χ1v) is 10.2. The smallest absolute Gasteiger partial charge is 0.390 e. The molecule has 5 aliphatic rings. The molecule has 3 atom stereocenters. The van der Waals surface area contributed by atoms with Crippen LogP contribution in [-0.4, -0.2) is 29.9 Å². The van der Waals surface area contributed by atoms with Gasteiger partial charge in [-0.05, 0) is 56.3 Å². The summed E-state index contributed by atoms with van der Waals surface area (Å²) < 4.78 is 16.8. The van der Waals surface area contributed by atoms with E-state index in [1.54, 1.807) is 0 Å². The van der Waals surface area contributed by atoms with Crippen molar-refractivity contribution in [3.05, 3.63) is 0 Å². The number of Topliss-reactive ketones (excluding diaryl/α,β-unsaturated/α-hetero) is 1. The number of hydrogen-bond acceptors (Lipinski definition) is 5. The summed E-state index contributed by atoms with van der Waals surface area (Å²) in [7, 11) is 0. The second-order valence-corrected chi connectivity index (χ2v) is 8.94. The highest BCUT2D eigenvalue weighted by Crippen LogP contribution is 2.55. The lowest BCUT2D eigenvalue weighted by molar-refractivity contribution is -0.309. The maximum absolute atomic E-state index is 11.5. The zero-order chi connectivity index (χ0) is 17.0. The lowest BCUT2D eigenvalue weighted by atomic mass is 9.68. The average Bonchev–Trinajstić information content (AvgIpc) is 3.37. The summed E-state index contributed by atoms with van der Waals surface area (Å²) in [4.78, 5) is 22.7. The Bertz CT molecular complexity index is 546. The van der Waals surface area contributed by atoms with E-state index >= 15 is 0 Å². The fraction of sp³-hybridized carbons (Fsp3) is 0.900. The highest BCUT2D eigenvalue weighted by atomic mass is 16.9. The molecule has 138 valence electrons. The Balaban J connectivity index is 1.16. The van der Waals surface area contributed by atoms with Crippen molar-refractivity contribution in [3.8, 4) is 0 Å². The van der Waals surface area contributed by atoms with Crippen LogP contribution in [0.4, 0.5) is 4.79 Å². The second kappa shape index (κ2) is 5.97. The van der Waals surface area contributed by atoms with Crippen LogP contribution >= 0.6 is 0 Å². The van der Waals surface area contributed by atoms with Gasteiger partial charge >= 0.3 is 6.16 Å². The first-order valence-electron chi connectivity index (χ1n) is 10.2. The number of ether oxygens (including phenoxy) is 3. The molecule has 3 saturated carbocycles. The van der Waals surface area contributed by atoms with Gasteiger partial charge in [-0.25, -0.2) is 4.79 Å². The van der Waals surface area contributed by atoms with E-state index in [1.807, 2.05) is 0 Å². The predicted octanol–water partition coefficient (Wildman–Crippen LogP) is 3.98. The van der Waals surface area contributed by atoms with Gasteiger partial charge in [0.25, 0.3) is 5.79 Å². The minimum atomic E-state index is -0.671. The summed E-state index contributed by atoms with van der Waals surface area (Å²) in [6.07, 6.45) is 11.8. The standard InChI is InChI=1S/C20H28O5/c21-15-7-5-14(6-8-15)13-3-1-12(2-4-13)11-16-18-17(23-18)9-10-20(16)24-19(22)25-20/h12-14,16-18H,1-11H2. The molecule has 2 saturated heterocycles. The van der Waals surface area contributed by atoms with Crippen molar-refractivity contribution in [1.29, 1.82) is 0 Å². The van der Waals surface area contributed by atoms with Crippen molar-refractivity contribution in [2.24, 2.45) is 23.7 Å². The van der Waals surface area contributed by atoms with E-state index in [4.69, 9.17) is 14.2 Å². The number of fused-ring (bicyclic) bond motifs is 1. The Morgan fingerprint density at radius 2 is 1.56 bits per heavy atom. The van der Waals surface area contributed by atoms with Crippen LogP contribution in [0.25, 0.3) is 0 Å². The van der Waals surface area contributed by atoms with E-state index in [0.29, 0.717) is 17.8 Å². The number of rotatable bonds is 3. The van der Waals surface area contributed by atoms with Gasteiger partial charge in [0, 0.05) is 19.3 Å². The SMILES string of the molecule is O=C1CCC(C2CCC(CC3C4OC4CCC34OC(=O)O4)CC2)CC1. The summed E-state index contributed by atoms with van der Waals surface area (Å²) in [6.45, 7) is 0. The Morgan fingerprint density at radius 3 is 2.24 bits per heavy atom. The maximum atomic E-state index is 11.5. The first kappa shape index (κ1) is 16.1. The third-order valence-electron chi connectivity index (χ3n) is 7.61. The molecule has 5 nitrogen and oxygen atoms in total. The number of epoxide rings is 1. The minimum absolute atomic E-state index is 0.220. The van der Waals surface area contributed by atoms with Crippen LogP contribution in [0.5, 0.6) is 0 Å².